The van der Waals surface area contributed by atoms with E-state index in [1.807, 2.05) is 29.2 Å². The van der Waals surface area contributed by atoms with Gasteiger partial charge in [0, 0.05) is 41.9 Å². The van der Waals surface area contributed by atoms with E-state index < -0.39 is 0 Å². The molecule has 3 rings (SSSR count). The number of para-hydroxylation sites is 1. The number of nitrogens with zero attached hydrogens (tertiary/aromatic N) is 1. The van der Waals surface area contributed by atoms with E-state index in [9.17, 15) is 4.79 Å². The summed E-state index contributed by atoms with van der Waals surface area (Å²) < 4.78 is 0. The van der Waals surface area contributed by atoms with Crippen molar-refractivity contribution in [3.8, 4) is 0 Å². The fourth-order valence-corrected chi connectivity index (χ4v) is 3.79. The minimum Gasteiger partial charge on any atom is -0.361 e. The number of aromatic nitrogens is 1. The second-order valence-electron chi connectivity index (χ2n) is 6.91. The fraction of sp³-hybridized carbons (Fsp3) is 0.348. The van der Waals surface area contributed by atoms with Gasteiger partial charge in [0.1, 0.15) is 0 Å². The van der Waals surface area contributed by atoms with Crippen LogP contribution in [0.1, 0.15) is 36.8 Å². The van der Waals surface area contributed by atoms with Gasteiger partial charge in [-0.15, -0.1) is 0 Å². The number of rotatable bonds is 10. The highest BCUT2D eigenvalue weighted by Crippen LogP contribution is 2.19. The van der Waals surface area contributed by atoms with Crippen LogP contribution in [0.15, 0.2) is 60.8 Å². The Morgan fingerprint density at radius 3 is 2.56 bits per heavy atom. The Hall–Kier alpha value is -2.07. The quantitative estimate of drug-likeness (QED) is 0.327. The van der Waals surface area contributed by atoms with Gasteiger partial charge < -0.3 is 9.88 Å². The molecule has 2 aromatic carbocycles. The Bertz CT molecular complexity index is 844. The van der Waals surface area contributed by atoms with Crippen LogP contribution in [0.25, 0.3) is 10.9 Å². The average molecular weight is 427 g/mol. The molecule has 0 unspecified atom stereocenters. The van der Waals surface area contributed by atoms with Crippen molar-refractivity contribution in [1.82, 2.24) is 9.88 Å². The Labute approximate surface area is 169 Å². The maximum Gasteiger partial charge on any atom is 0.222 e. The molecule has 1 N–H and O–H groups in total. The van der Waals surface area contributed by atoms with Crippen LogP contribution in [-0.2, 0) is 17.8 Å². The number of aromatic amines is 1. The molecule has 1 aromatic heterocycles. The molecular formula is C23H27BrN2O. The van der Waals surface area contributed by atoms with Gasteiger partial charge in [-0.3, -0.25) is 4.79 Å². The summed E-state index contributed by atoms with van der Waals surface area (Å²) in [6, 6.07) is 18.6. The van der Waals surface area contributed by atoms with E-state index in [2.05, 4.69) is 57.4 Å². The number of halogens is 1. The second-order valence-corrected chi connectivity index (χ2v) is 7.70. The number of hydrogen-bond donors (Lipinski definition) is 1. The molecule has 0 aliphatic heterocycles. The van der Waals surface area contributed by atoms with Gasteiger partial charge in [-0.2, -0.15) is 0 Å². The molecule has 27 heavy (non-hydrogen) atoms. The predicted octanol–water partition coefficient (Wildman–Crippen LogP) is 5.69. The molecule has 3 aromatic rings. The molecule has 1 heterocycles. The van der Waals surface area contributed by atoms with Crippen molar-refractivity contribution >= 4 is 32.7 Å². The molecule has 0 spiro atoms. The Balaban J connectivity index is 1.66. The van der Waals surface area contributed by atoms with Crippen molar-refractivity contribution < 1.29 is 4.79 Å². The Morgan fingerprint density at radius 1 is 0.963 bits per heavy atom. The number of H-pyrrole nitrogens is 1. The lowest BCUT2D eigenvalue weighted by atomic mass is 10.1. The zero-order valence-electron chi connectivity index (χ0n) is 15.7. The summed E-state index contributed by atoms with van der Waals surface area (Å²) in [4.78, 5) is 18.2. The van der Waals surface area contributed by atoms with Gasteiger partial charge in [-0.1, -0.05) is 70.9 Å². The Morgan fingerprint density at radius 2 is 1.74 bits per heavy atom. The molecule has 0 fully saturated rings. The fourth-order valence-electron chi connectivity index (χ4n) is 3.40. The van der Waals surface area contributed by atoms with Crippen molar-refractivity contribution in [2.45, 2.75) is 38.6 Å². The maximum absolute atomic E-state index is 12.8. The highest BCUT2D eigenvalue weighted by atomic mass is 79.9. The van der Waals surface area contributed by atoms with Gasteiger partial charge in [-0.25, -0.2) is 0 Å². The van der Waals surface area contributed by atoms with Gasteiger partial charge >= 0.3 is 0 Å². The largest absolute Gasteiger partial charge is 0.361 e. The number of hydrogen-bond acceptors (Lipinski definition) is 1. The first kappa shape index (κ1) is 19.7. The van der Waals surface area contributed by atoms with Crippen LogP contribution in [-0.4, -0.2) is 27.7 Å². The van der Waals surface area contributed by atoms with Crippen LogP contribution >= 0.6 is 15.9 Å². The second kappa shape index (κ2) is 10.3. The first-order valence-corrected chi connectivity index (χ1v) is 10.8. The van der Waals surface area contributed by atoms with Gasteiger partial charge in [0.15, 0.2) is 0 Å². The summed E-state index contributed by atoms with van der Waals surface area (Å²) in [6.45, 7) is 1.43. The summed E-state index contributed by atoms with van der Waals surface area (Å²) in [5.41, 5.74) is 3.61. The molecule has 0 atom stereocenters. The van der Waals surface area contributed by atoms with Crippen LogP contribution in [0.2, 0.25) is 0 Å². The number of benzene rings is 2. The van der Waals surface area contributed by atoms with Crippen LogP contribution in [0, 0.1) is 0 Å². The van der Waals surface area contributed by atoms with Crippen LogP contribution in [0.4, 0.5) is 0 Å². The molecule has 0 saturated heterocycles. The predicted molar refractivity (Wildman–Crippen MR) is 116 cm³/mol. The molecule has 3 nitrogen and oxygen atoms in total. The van der Waals surface area contributed by atoms with Crippen molar-refractivity contribution in [2.24, 2.45) is 0 Å². The summed E-state index contributed by atoms with van der Waals surface area (Å²) in [5, 5.41) is 2.26. The third-order valence-electron chi connectivity index (χ3n) is 4.92. The molecule has 0 bridgehead atoms. The molecule has 0 aliphatic carbocycles. The monoisotopic (exact) mass is 426 g/mol. The van der Waals surface area contributed by atoms with E-state index in [-0.39, 0.29) is 5.91 Å². The van der Waals surface area contributed by atoms with E-state index in [0.717, 1.165) is 43.1 Å². The van der Waals surface area contributed by atoms with Crippen LogP contribution < -0.4 is 0 Å². The van der Waals surface area contributed by atoms with Gasteiger partial charge in [-0.05, 0) is 36.5 Å². The Kier molecular flexibility index (Phi) is 7.52. The molecule has 1 amide bonds. The maximum atomic E-state index is 12.8. The smallest absolute Gasteiger partial charge is 0.222 e. The highest BCUT2D eigenvalue weighted by molar-refractivity contribution is 9.09. The molecular weight excluding hydrogens is 400 g/mol. The van der Waals surface area contributed by atoms with E-state index >= 15 is 0 Å². The minimum atomic E-state index is 0.258. The van der Waals surface area contributed by atoms with E-state index in [0.29, 0.717) is 13.0 Å². The lowest BCUT2D eigenvalue weighted by Gasteiger charge is -2.23. The summed E-state index contributed by atoms with van der Waals surface area (Å²) in [5.74, 6) is 0.258. The van der Waals surface area contributed by atoms with Crippen molar-refractivity contribution in [2.75, 3.05) is 11.9 Å². The van der Waals surface area contributed by atoms with Crippen LogP contribution in [0.3, 0.4) is 0 Å². The molecule has 4 heteroatoms. The van der Waals surface area contributed by atoms with Crippen molar-refractivity contribution in [3.05, 3.63) is 71.9 Å². The summed E-state index contributed by atoms with van der Waals surface area (Å²) in [6.07, 6.45) is 6.76. The van der Waals surface area contributed by atoms with Crippen LogP contribution in [0.5, 0.6) is 0 Å². The number of unbranched alkanes of at least 4 members (excludes halogenated alkanes) is 2. The number of alkyl halides is 1. The normalized spacial score (nSPS) is 11.0. The first-order chi connectivity index (χ1) is 13.3. The third kappa shape index (κ3) is 5.70. The zero-order chi connectivity index (χ0) is 18.9. The van der Waals surface area contributed by atoms with E-state index in [1.165, 1.54) is 16.5 Å². The number of nitrogens with one attached hydrogen (secondary N) is 1. The summed E-state index contributed by atoms with van der Waals surface area (Å²) in [7, 11) is 0. The molecule has 142 valence electrons. The van der Waals surface area contributed by atoms with E-state index in [1.54, 1.807) is 0 Å². The van der Waals surface area contributed by atoms with E-state index in [4.69, 9.17) is 0 Å². The number of fused-ring (bicyclic) bond motifs is 1. The first-order valence-electron chi connectivity index (χ1n) is 9.70. The third-order valence-corrected chi connectivity index (χ3v) is 5.48. The SMILES string of the molecule is O=C(CCCCCBr)N(CCc1c[nH]c2ccccc12)Cc1ccccc1. The lowest BCUT2D eigenvalue weighted by Crippen LogP contribution is -2.32. The average Bonchev–Trinajstić information content (AvgIpc) is 3.12. The molecule has 0 aliphatic rings. The topological polar surface area (TPSA) is 36.1 Å². The summed E-state index contributed by atoms with van der Waals surface area (Å²) >= 11 is 3.46. The number of carbonyl (C=O) groups excluding carboxylic acids is 1. The number of carbonyl (C=O) groups is 1. The molecule has 0 radical (unpaired) electrons. The lowest BCUT2D eigenvalue weighted by molar-refractivity contribution is -0.131. The number of amides is 1. The molecule has 0 saturated carbocycles. The van der Waals surface area contributed by atoms with Gasteiger partial charge in [0.25, 0.3) is 0 Å². The van der Waals surface area contributed by atoms with Crippen molar-refractivity contribution in [3.63, 3.8) is 0 Å². The van der Waals surface area contributed by atoms with Crippen molar-refractivity contribution in [1.29, 1.82) is 0 Å². The highest BCUT2D eigenvalue weighted by Gasteiger charge is 2.15. The van der Waals surface area contributed by atoms with Gasteiger partial charge in [0.2, 0.25) is 5.91 Å². The van der Waals surface area contributed by atoms with Gasteiger partial charge in [0.05, 0.1) is 0 Å². The zero-order valence-corrected chi connectivity index (χ0v) is 17.2. The minimum absolute atomic E-state index is 0.258. The standard InChI is InChI=1S/C23H27BrN2O/c24-15-8-2-5-13-23(27)26(18-19-9-3-1-4-10-19)16-14-20-17-25-22-12-7-6-11-21(20)22/h1,3-4,6-7,9-12,17,25H,2,5,8,13-16,18H2.